The number of phosphoric ester groups is 1. The summed E-state index contributed by atoms with van der Waals surface area (Å²) in [5.74, 6) is -1.13. The van der Waals surface area contributed by atoms with E-state index < -0.39 is 32.5 Å². The lowest BCUT2D eigenvalue weighted by Crippen LogP contribution is -2.29. The standard InChI is InChI=1S/C45H76NO8P/c1-3-5-7-9-11-13-15-17-19-20-21-22-24-26-28-30-32-34-36-38-45(48)54-43(42-53-55(49,50)52-40-39-46)41-51-44(47)37-35-33-31-29-27-25-23-18-16-14-12-10-8-6-4-2/h5,7,11,13,17,19,21-22,26,28,31,33,35,37,43H,3-4,6,8-10,12,14-16,18,20,23-25,27,29-30,32,34,36,38-42,46H2,1-2H3,(H,49,50)/b7-5+,13-11+,19-17+,22-21+,28-26+,33-31+,37-35+/t43-/m1/s1. The summed E-state index contributed by atoms with van der Waals surface area (Å²) in [5.41, 5.74) is 5.33. The molecule has 0 heterocycles. The third-order valence-electron chi connectivity index (χ3n) is 8.37. The van der Waals surface area contributed by atoms with Crippen molar-refractivity contribution in [2.45, 2.75) is 161 Å². The average Bonchev–Trinajstić information content (AvgIpc) is 3.17. The van der Waals surface area contributed by atoms with Gasteiger partial charge in [-0.1, -0.05) is 163 Å². The Morgan fingerprint density at radius 1 is 0.618 bits per heavy atom. The molecular weight excluding hydrogens is 713 g/mol. The first-order valence-electron chi connectivity index (χ1n) is 21.1. The van der Waals surface area contributed by atoms with E-state index >= 15 is 0 Å². The van der Waals surface area contributed by atoms with Gasteiger partial charge >= 0.3 is 19.8 Å². The molecule has 0 aliphatic rings. The van der Waals surface area contributed by atoms with E-state index in [0.29, 0.717) is 6.42 Å². The number of unbranched alkanes of at least 4 members (excludes halogenated alkanes) is 14. The second-order valence-corrected chi connectivity index (χ2v) is 15.0. The molecule has 0 aromatic heterocycles. The molecule has 0 bridgehead atoms. The summed E-state index contributed by atoms with van der Waals surface area (Å²) in [6.45, 7) is 3.43. The van der Waals surface area contributed by atoms with Gasteiger partial charge in [0.2, 0.25) is 0 Å². The fourth-order valence-corrected chi connectivity index (χ4v) is 6.04. The first-order valence-corrected chi connectivity index (χ1v) is 22.6. The Morgan fingerprint density at radius 3 is 1.69 bits per heavy atom. The molecule has 3 N–H and O–H groups in total. The molecule has 0 aliphatic heterocycles. The SMILES string of the molecule is CC/C=C/C/C=C/C/C=C/C/C=C/C/C=C/CCCCCC(=O)O[C@H](COC(=O)/C=C/C=C/CCCCCCCCCCCCC)COP(=O)(O)OCCN. The van der Waals surface area contributed by atoms with Crippen molar-refractivity contribution in [3.8, 4) is 0 Å². The zero-order chi connectivity index (χ0) is 40.3. The summed E-state index contributed by atoms with van der Waals surface area (Å²) in [7, 11) is -4.41. The minimum absolute atomic E-state index is 0.0328. The smallest absolute Gasteiger partial charge is 0.458 e. The van der Waals surface area contributed by atoms with Crippen LogP contribution in [0.15, 0.2) is 85.1 Å². The molecule has 0 amide bonds. The summed E-state index contributed by atoms with van der Waals surface area (Å²) in [6, 6.07) is 0. The summed E-state index contributed by atoms with van der Waals surface area (Å²) in [4.78, 5) is 34.7. The maximum absolute atomic E-state index is 12.6. The summed E-state index contributed by atoms with van der Waals surface area (Å²) in [5, 5.41) is 0. The number of phosphoric acid groups is 1. The van der Waals surface area contributed by atoms with Gasteiger partial charge in [0.05, 0.1) is 13.2 Å². The predicted octanol–water partition coefficient (Wildman–Crippen LogP) is 12.0. The van der Waals surface area contributed by atoms with Crippen LogP contribution in [0.4, 0.5) is 0 Å². The minimum atomic E-state index is -4.41. The first kappa shape index (κ1) is 52.2. The highest BCUT2D eigenvalue weighted by Crippen LogP contribution is 2.43. The van der Waals surface area contributed by atoms with Gasteiger partial charge in [-0.2, -0.15) is 0 Å². The number of nitrogens with two attached hydrogens (primary N) is 1. The van der Waals surface area contributed by atoms with Crippen LogP contribution < -0.4 is 5.73 Å². The summed E-state index contributed by atoms with van der Waals surface area (Å²) < 4.78 is 32.5. The van der Waals surface area contributed by atoms with Gasteiger partial charge in [-0.15, -0.1) is 0 Å². The maximum Gasteiger partial charge on any atom is 0.472 e. The monoisotopic (exact) mass is 790 g/mol. The van der Waals surface area contributed by atoms with Gasteiger partial charge in [0.25, 0.3) is 0 Å². The van der Waals surface area contributed by atoms with Gasteiger partial charge < -0.3 is 20.1 Å². The first-order chi connectivity index (χ1) is 26.8. The van der Waals surface area contributed by atoms with E-state index in [9.17, 15) is 19.0 Å². The zero-order valence-corrected chi connectivity index (χ0v) is 35.3. The molecule has 0 saturated heterocycles. The van der Waals surface area contributed by atoms with Crippen LogP contribution in [0, 0.1) is 0 Å². The second kappa shape index (κ2) is 40.8. The molecule has 2 atom stereocenters. The Balaban J connectivity index is 4.35. The van der Waals surface area contributed by atoms with Crippen LogP contribution in [0.5, 0.6) is 0 Å². The molecule has 0 aromatic carbocycles. The Labute approximate surface area is 334 Å². The molecule has 1 unspecified atom stereocenters. The van der Waals surface area contributed by atoms with Crippen LogP contribution in [-0.4, -0.2) is 49.3 Å². The van der Waals surface area contributed by atoms with E-state index in [0.717, 1.165) is 64.2 Å². The third-order valence-corrected chi connectivity index (χ3v) is 9.35. The lowest BCUT2D eigenvalue weighted by Gasteiger charge is -2.19. The van der Waals surface area contributed by atoms with Crippen molar-refractivity contribution in [1.82, 2.24) is 0 Å². The quantitative estimate of drug-likeness (QED) is 0.0156. The fraction of sp³-hybridized carbons (Fsp3) is 0.644. The maximum atomic E-state index is 12.6. The summed E-state index contributed by atoms with van der Waals surface area (Å²) >= 11 is 0. The lowest BCUT2D eigenvalue weighted by atomic mass is 10.1. The highest BCUT2D eigenvalue weighted by atomic mass is 31.2. The van der Waals surface area contributed by atoms with E-state index in [-0.39, 0.29) is 26.2 Å². The molecule has 10 heteroatoms. The van der Waals surface area contributed by atoms with Crippen molar-refractivity contribution in [1.29, 1.82) is 0 Å². The lowest BCUT2D eigenvalue weighted by molar-refractivity contribution is -0.159. The molecule has 0 fully saturated rings. The van der Waals surface area contributed by atoms with Crippen molar-refractivity contribution in [3.05, 3.63) is 85.1 Å². The van der Waals surface area contributed by atoms with Crippen LogP contribution in [0.2, 0.25) is 0 Å². The number of rotatable bonds is 38. The van der Waals surface area contributed by atoms with E-state index in [1.807, 2.05) is 12.2 Å². The van der Waals surface area contributed by atoms with E-state index in [4.69, 9.17) is 24.3 Å². The molecular formula is C45H76NO8P. The van der Waals surface area contributed by atoms with Crippen molar-refractivity contribution in [2.75, 3.05) is 26.4 Å². The van der Waals surface area contributed by atoms with Crippen molar-refractivity contribution in [2.24, 2.45) is 5.73 Å². The Morgan fingerprint density at radius 2 is 1.13 bits per heavy atom. The molecule has 0 rings (SSSR count). The van der Waals surface area contributed by atoms with Crippen molar-refractivity contribution < 1.29 is 37.6 Å². The Hall–Kier alpha value is -2.81. The molecule has 314 valence electrons. The topological polar surface area (TPSA) is 134 Å². The van der Waals surface area contributed by atoms with Crippen LogP contribution in [0.25, 0.3) is 0 Å². The summed E-state index contributed by atoms with van der Waals surface area (Å²) in [6.07, 6.45) is 51.0. The minimum Gasteiger partial charge on any atom is -0.458 e. The number of allylic oxidation sites excluding steroid dienone is 13. The van der Waals surface area contributed by atoms with Crippen LogP contribution >= 0.6 is 7.82 Å². The van der Waals surface area contributed by atoms with Crippen LogP contribution in [0.1, 0.15) is 155 Å². The number of carbonyl (C=O) groups is 2. The number of hydrogen-bond donors (Lipinski definition) is 2. The largest absolute Gasteiger partial charge is 0.472 e. The number of hydrogen-bond acceptors (Lipinski definition) is 8. The molecule has 0 aliphatic carbocycles. The molecule has 0 spiro atoms. The van der Waals surface area contributed by atoms with E-state index in [1.165, 1.54) is 70.3 Å². The molecule has 55 heavy (non-hydrogen) atoms. The van der Waals surface area contributed by atoms with Gasteiger partial charge in [-0.25, -0.2) is 9.36 Å². The van der Waals surface area contributed by atoms with Gasteiger partial charge in [-0.05, 0) is 64.2 Å². The number of ether oxygens (including phenoxy) is 2. The number of carbonyl (C=O) groups excluding carboxylic acids is 2. The van der Waals surface area contributed by atoms with Gasteiger partial charge in [0, 0.05) is 19.0 Å². The van der Waals surface area contributed by atoms with E-state index in [2.05, 4.69) is 74.6 Å². The average molecular weight is 790 g/mol. The predicted molar refractivity (Wildman–Crippen MR) is 229 cm³/mol. The molecule has 0 radical (unpaired) electrons. The highest BCUT2D eigenvalue weighted by molar-refractivity contribution is 7.47. The van der Waals surface area contributed by atoms with Crippen LogP contribution in [-0.2, 0) is 32.7 Å². The molecule has 9 nitrogen and oxygen atoms in total. The molecule has 0 aromatic rings. The van der Waals surface area contributed by atoms with Gasteiger partial charge in [0.1, 0.15) is 6.61 Å². The van der Waals surface area contributed by atoms with E-state index in [1.54, 1.807) is 6.08 Å². The normalized spacial score (nSPS) is 14.2. The Bertz CT molecular complexity index is 1170. The van der Waals surface area contributed by atoms with Crippen molar-refractivity contribution in [3.63, 3.8) is 0 Å². The number of esters is 2. The zero-order valence-electron chi connectivity index (χ0n) is 34.4. The van der Waals surface area contributed by atoms with Crippen molar-refractivity contribution >= 4 is 19.8 Å². The van der Waals surface area contributed by atoms with Gasteiger partial charge in [-0.3, -0.25) is 13.8 Å². The second-order valence-electron chi connectivity index (χ2n) is 13.5. The third kappa shape index (κ3) is 40.7. The fourth-order valence-electron chi connectivity index (χ4n) is 5.28. The molecule has 0 saturated carbocycles. The highest BCUT2D eigenvalue weighted by Gasteiger charge is 2.25. The van der Waals surface area contributed by atoms with Gasteiger partial charge in [0.15, 0.2) is 6.10 Å². The Kier molecular flexibility index (Phi) is 38.8. The van der Waals surface area contributed by atoms with Crippen LogP contribution in [0.3, 0.4) is 0 Å².